The third-order valence-electron chi connectivity index (χ3n) is 2.23. The normalized spacial score (nSPS) is 10.4. The molecule has 1 aromatic heterocycles. The zero-order chi connectivity index (χ0) is 13.1. The Hall–Kier alpha value is -1.46. The van der Waals surface area contributed by atoms with Crippen molar-refractivity contribution < 1.29 is 9.18 Å². The summed E-state index contributed by atoms with van der Waals surface area (Å²) in [7, 11) is 0. The van der Waals surface area contributed by atoms with Crippen LogP contribution in [0.5, 0.6) is 0 Å². The molecule has 0 bridgehead atoms. The molecule has 2 rings (SSSR count). The highest BCUT2D eigenvalue weighted by molar-refractivity contribution is 7.09. The summed E-state index contributed by atoms with van der Waals surface area (Å²) in [6.45, 7) is 1.86. The molecule has 2 aromatic rings. The van der Waals surface area contributed by atoms with Gasteiger partial charge in [0.05, 0.1) is 27.8 Å². The Balaban J connectivity index is 2.05. The lowest BCUT2D eigenvalue weighted by atomic mass is 10.2. The second-order valence-electron chi connectivity index (χ2n) is 3.68. The Kier molecular flexibility index (Phi) is 3.93. The smallest absolute Gasteiger partial charge is 0.230 e. The van der Waals surface area contributed by atoms with Crippen LogP contribution in [-0.2, 0) is 11.2 Å². The summed E-state index contributed by atoms with van der Waals surface area (Å²) in [6, 6.07) is 4.47. The molecule has 0 aliphatic rings. The Morgan fingerprint density at radius 2 is 2.33 bits per heavy atom. The van der Waals surface area contributed by atoms with E-state index in [0.29, 0.717) is 5.69 Å². The van der Waals surface area contributed by atoms with Crippen molar-refractivity contribution in [2.24, 2.45) is 0 Å². The quantitative estimate of drug-likeness (QED) is 0.938. The first-order valence-corrected chi connectivity index (χ1v) is 6.47. The molecule has 0 radical (unpaired) electrons. The first-order valence-electron chi connectivity index (χ1n) is 5.21. The molecule has 0 fully saturated rings. The maximum absolute atomic E-state index is 13.5. The van der Waals surface area contributed by atoms with E-state index in [1.807, 2.05) is 12.3 Å². The standard InChI is InChI=1S/C12H10ClFN2OS/c1-7-15-8(6-18-7)5-11(17)16-10-4-2-3-9(13)12(10)14/h2-4,6H,5H2,1H3,(H,16,17). The van der Waals surface area contributed by atoms with Crippen LogP contribution < -0.4 is 5.32 Å². The molecule has 18 heavy (non-hydrogen) atoms. The average Bonchev–Trinajstić information content (AvgIpc) is 2.70. The van der Waals surface area contributed by atoms with Gasteiger partial charge < -0.3 is 5.32 Å². The lowest BCUT2D eigenvalue weighted by Crippen LogP contribution is -2.15. The van der Waals surface area contributed by atoms with Crippen LogP contribution in [0.25, 0.3) is 0 Å². The summed E-state index contributed by atoms with van der Waals surface area (Å²) in [4.78, 5) is 15.9. The van der Waals surface area contributed by atoms with E-state index in [-0.39, 0.29) is 23.0 Å². The van der Waals surface area contributed by atoms with E-state index >= 15 is 0 Å². The molecule has 0 saturated carbocycles. The SMILES string of the molecule is Cc1nc(CC(=O)Nc2cccc(Cl)c2F)cs1. The molecule has 3 nitrogen and oxygen atoms in total. The lowest BCUT2D eigenvalue weighted by molar-refractivity contribution is -0.115. The summed E-state index contributed by atoms with van der Waals surface area (Å²) in [6.07, 6.45) is 0.121. The number of hydrogen-bond donors (Lipinski definition) is 1. The van der Waals surface area contributed by atoms with E-state index in [0.717, 1.165) is 5.01 Å². The van der Waals surface area contributed by atoms with Crippen molar-refractivity contribution in [3.05, 3.63) is 45.1 Å². The maximum atomic E-state index is 13.5. The highest BCUT2D eigenvalue weighted by Gasteiger charge is 2.11. The molecule has 0 aliphatic heterocycles. The first kappa shape index (κ1) is 13.0. The Bertz CT molecular complexity index is 585. The van der Waals surface area contributed by atoms with Crippen molar-refractivity contribution in [1.82, 2.24) is 4.98 Å². The van der Waals surface area contributed by atoms with Gasteiger partial charge in [-0.1, -0.05) is 17.7 Å². The zero-order valence-corrected chi connectivity index (χ0v) is 11.1. The predicted octanol–water partition coefficient (Wildman–Crippen LogP) is 3.43. The first-order chi connectivity index (χ1) is 8.56. The van der Waals surface area contributed by atoms with Crippen LogP contribution in [0.15, 0.2) is 23.6 Å². The number of carbonyl (C=O) groups excluding carboxylic acids is 1. The number of nitrogens with zero attached hydrogens (tertiary/aromatic N) is 1. The molecule has 0 saturated heterocycles. The van der Waals surface area contributed by atoms with Crippen LogP contribution in [0, 0.1) is 12.7 Å². The van der Waals surface area contributed by atoms with Crippen molar-refractivity contribution >= 4 is 34.5 Å². The van der Waals surface area contributed by atoms with Crippen LogP contribution in [0.4, 0.5) is 10.1 Å². The van der Waals surface area contributed by atoms with E-state index < -0.39 is 5.82 Å². The number of carbonyl (C=O) groups is 1. The van der Waals surface area contributed by atoms with Gasteiger partial charge in [0.15, 0.2) is 5.82 Å². The second kappa shape index (κ2) is 5.46. The van der Waals surface area contributed by atoms with E-state index in [4.69, 9.17) is 11.6 Å². The third-order valence-corrected chi connectivity index (χ3v) is 3.35. The molecular weight excluding hydrogens is 275 g/mol. The van der Waals surface area contributed by atoms with Crippen LogP contribution in [-0.4, -0.2) is 10.9 Å². The number of benzene rings is 1. The van der Waals surface area contributed by atoms with Gasteiger partial charge in [-0.25, -0.2) is 9.37 Å². The Morgan fingerprint density at radius 1 is 1.56 bits per heavy atom. The van der Waals surface area contributed by atoms with Crippen LogP contribution in [0.3, 0.4) is 0 Å². The summed E-state index contributed by atoms with van der Waals surface area (Å²) in [5.41, 5.74) is 0.761. The average molecular weight is 285 g/mol. The van der Waals surface area contributed by atoms with E-state index in [1.165, 1.54) is 23.5 Å². The number of rotatable bonds is 3. The van der Waals surface area contributed by atoms with Gasteiger partial charge in [-0.05, 0) is 19.1 Å². The summed E-state index contributed by atoms with van der Waals surface area (Å²) in [5, 5.41) is 5.16. The molecule has 94 valence electrons. The van der Waals surface area contributed by atoms with Gasteiger partial charge >= 0.3 is 0 Å². The number of nitrogens with one attached hydrogen (secondary N) is 1. The summed E-state index contributed by atoms with van der Waals surface area (Å²) < 4.78 is 13.5. The van der Waals surface area contributed by atoms with Crippen molar-refractivity contribution in [1.29, 1.82) is 0 Å². The zero-order valence-electron chi connectivity index (χ0n) is 9.54. The number of aryl methyl sites for hydroxylation is 1. The molecule has 0 spiro atoms. The Labute approximate surface area is 113 Å². The molecule has 0 aliphatic carbocycles. The fourth-order valence-electron chi connectivity index (χ4n) is 1.45. The minimum Gasteiger partial charge on any atom is -0.323 e. The van der Waals surface area contributed by atoms with E-state index in [1.54, 1.807) is 6.07 Å². The molecule has 1 amide bonds. The number of anilines is 1. The number of amides is 1. The third kappa shape index (κ3) is 3.05. The molecule has 1 heterocycles. The van der Waals surface area contributed by atoms with Gasteiger partial charge in [0.25, 0.3) is 0 Å². The van der Waals surface area contributed by atoms with Gasteiger partial charge in [-0.3, -0.25) is 4.79 Å². The highest BCUT2D eigenvalue weighted by atomic mass is 35.5. The molecule has 0 atom stereocenters. The number of hydrogen-bond acceptors (Lipinski definition) is 3. The van der Waals surface area contributed by atoms with E-state index in [9.17, 15) is 9.18 Å². The predicted molar refractivity (Wildman–Crippen MR) is 70.6 cm³/mol. The number of halogens is 2. The molecule has 6 heteroatoms. The largest absolute Gasteiger partial charge is 0.323 e. The van der Waals surface area contributed by atoms with Crippen LogP contribution >= 0.6 is 22.9 Å². The fraction of sp³-hybridized carbons (Fsp3) is 0.167. The van der Waals surface area contributed by atoms with Crippen molar-refractivity contribution in [3.8, 4) is 0 Å². The monoisotopic (exact) mass is 284 g/mol. The fourth-order valence-corrected chi connectivity index (χ4v) is 2.24. The van der Waals surface area contributed by atoms with Gasteiger partial charge in [0.2, 0.25) is 5.91 Å². The topological polar surface area (TPSA) is 42.0 Å². The van der Waals surface area contributed by atoms with Gasteiger partial charge in [-0.15, -0.1) is 11.3 Å². The lowest BCUT2D eigenvalue weighted by Gasteiger charge is -2.06. The van der Waals surface area contributed by atoms with Gasteiger partial charge in [-0.2, -0.15) is 0 Å². The minimum atomic E-state index is -0.623. The van der Waals surface area contributed by atoms with Crippen LogP contribution in [0.2, 0.25) is 5.02 Å². The molecular formula is C12H10ClFN2OS. The van der Waals surface area contributed by atoms with Crippen LogP contribution in [0.1, 0.15) is 10.7 Å². The minimum absolute atomic E-state index is 0.0164. The van der Waals surface area contributed by atoms with Crippen molar-refractivity contribution in [3.63, 3.8) is 0 Å². The second-order valence-corrected chi connectivity index (χ2v) is 5.15. The Morgan fingerprint density at radius 3 is 3.00 bits per heavy atom. The molecule has 0 unspecified atom stereocenters. The summed E-state index contributed by atoms with van der Waals surface area (Å²) >= 11 is 7.10. The molecule has 1 N–H and O–H groups in total. The van der Waals surface area contributed by atoms with E-state index in [2.05, 4.69) is 10.3 Å². The maximum Gasteiger partial charge on any atom is 0.230 e. The molecule has 1 aromatic carbocycles. The highest BCUT2D eigenvalue weighted by Crippen LogP contribution is 2.22. The number of aromatic nitrogens is 1. The summed E-state index contributed by atoms with van der Waals surface area (Å²) in [5.74, 6) is -0.941. The van der Waals surface area contributed by atoms with Crippen molar-refractivity contribution in [2.45, 2.75) is 13.3 Å². The van der Waals surface area contributed by atoms with Crippen molar-refractivity contribution in [2.75, 3.05) is 5.32 Å². The van der Waals surface area contributed by atoms with Gasteiger partial charge in [0, 0.05) is 5.38 Å². The van der Waals surface area contributed by atoms with Gasteiger partial charge in [0.1, 0.15) is 0 Å². The number of thiazole rings is 1.